The average molecular weight is 268 g/mol. The van der Waals surface area contributed by atoms with Crippen LogP contribution in [0.3, 0.4) is 0 Å². The molecule has 1 nitrogen and oxygen atoms in total. The summed E-state index contributed by atoms with van der Waals surface area (Å²) < 4.78 is 0. The average Bonchev–Trinajstić information content (AvgIpc) is 2.90. The number of nitrogens with two attached hydrogens (primary N) is 1. The Bertz CT molecular complexity index is 230. The van der Waals surface area contributed by atoms with Crippen molar-refractivity contribution < 1.29 is 0 Å². The van der Waals surface area contributed by atoms with Crippen LogP contribution in [0.15, 0.2) is 0 Å². The first kappa shape index (κ1) is 17.0. The predicted octanol–water partition coefficient (Wildman–Crippen LogP) is 5.24. The number of hydrogen-bond acceptors (Lipinski definition) is 1. The van der Waals surface area contributed by atoms with Gasteiger partial charge in [-0.1, -0.05) is 66.2 Å². The molecule has 1 rings (SSSR count). The third-order valence-corrected chi connectivity index (χ3v) is 5.96. The zero-order valence-electron chi connectivity index (χ0n) is 14.0. The number of rotatable bonds is 8. The van der Waals surface area contributed by atoms with Crippen LogP contribution in [0.4, 0.5) is 0 Å². The summed E-state index contributed by atoms with van der Waals surface area (Å²) in [6.07, 6.45) is 9.80. The van der Waals surface area contributed by atoms with Gasteiger partial charge in [0.05, 0.1) is 0 Å². The van der Waals surface area contributed by atoms with Gasteiger partial charge in [0.2, 0.25) is 0 Å². The van der Waals surface area contributed by atoms with Crippen LogP contribution < -0.4 is 5.73 Å². The molecule has 0 radical (unpaired) electrons. The van der Waals surface area contributed by atoms with Crippen molar-refractivity contribution in [2.75, 3.05) is 0 Å². The van der Waals surface area contributed by atoms with Gasteiger partial charge < -0.3 is 5.73 Å². The molecule has 1 saturated carbocycles. The minimum Gasteiger partial charge on any atom is -0.328 e. The van der Waals surface area contributed by atoms with E-state index in [-0.39, 0.29) is 0 Å². The highest BCUT2D eigenvalue weighted by molar-refractivity contribution is 4.82. The molecule has 0 heterocycles. The van der Waals surface area contributed by atoms with Gasteiger partial charge in [-0.3, -0.25) is 0 Å². The van der Waals surface area contributed by atoms with Crippen LogP contribution in [0.25, 0.3) is 0 Å². The first-order chi connectivity index (χ1) is 9.01. The van der Waals surface area contributed by atoms with Crippen LogP contribution in [-0.2, 0) is 0 Å². The topological polar surface area (TPSA) is 26.0 Å². The quantitative estimate of drug-likeness (QED) is 0.639. The van der Waals surface area contributed by atoms with Gasteiger partial charge in [0, 0.05) is 6.04 Å². The summed E-state index contributed by atoms with van der Waals surface area (Å²) in [7, 11) is 0. The fourth-order valence-electron chi connectivity index (χ4n) is 4.53. The second-order valence-electron chi connectivity index (χ2n) is 7.22. The number of hydrogen-bond donors (Lipinski definition) is 1. The molecular weight excluding hydrogens is 230 g/mol. The summed E-state index contributed by atoms with van der Waals surface area (Å²) in [4.78, 5) is 0. The molecule has 5 atom stereocenters. The smallest absolute Gasteiger partial charge is 0.00387 e. The third-order valence-electron chi connectivity index (χ3n) is 5.96. The van der Waals surface area contributed by atoms with Gasteiger partial charge in [-0.2, -0.15) is 0 Å². The van der Waals surface area contributed by atoms with Gasteiger partial charge in [-0.25, -0.2) is 0 Å². The van der Waals surface area contributed by atoms with E-state index in [4.69, 9.17) is 5.73 Å². The summed E-state index contributed by atoms with van der Waals surface area (Å²) in [6, 6.07) is 0.353. The fourth-order valence-corrected chi connectivity index (χ4v) is 4.53. The molecule has 0 aromatic carbocycles. The maximum atomic E-state index is 6.14. The van der Waals surface area contributed by atoms with E-state index in [0.29, 0.717) is 12.0 Å². The normalized spacial score (nSPS) is 24.9. The van der Waals surface area contributed by atoms with E-state index in [1.807, 2.05) is 0 Å². The fraction of sp³-hybridized carbons (Fsp3) is 1.00. The highest BCUT2D eigenvalue weighted by Gasteiger charge is 2.31. The Balaban J connectivity index is 2.56. The van der Waals surface area contributed by atoms with Gasteiger partial charge in [0.25, 0.3) is 0 Å². The Kier molecular flexibility index (Phi) is 7.42. The molecule has 5 unspecified atom stereocenters. The molecule has 114 valence electrons. The largest absolute Gasteiger partial charge is 0.328 e. The van der Waals surface area contributed by atoms with Crippen molar-refractivity contribution in [3.05, 3.63) is 0 Å². The van der Waals surface area contributed by atoms with Crippen molar-refractivity contribution in [2.24, 2.45) is 35.3 Å². The van der Waals surface area contributed by atoms with E-state index in [1.54, 1.807) is 0 Å². The summed E-state index contributed by atoms with van der Waals surface area (Å²) in [5.41, 5.74) is 6.14. The SMILES string of the molecule is CCC(CC(C)C(CC)C(C)C1CCCC1)C(C)N. The molecule has 1 fully saturated rings. The van der Waals surface area contributed by atoms with E-state index in [9.17, 15) is 0 Å². The van der Waals surface area contributed by atoms with Crippen LogP contribution >= 0.6 is 0 Å². The van der Waals surface area contributed by atoms with Crippen LogP contribution in [0.2, 0.25) is 0 Å². The first-order valence-corrected chi connectivity index (χ1v) is 8.76. The standard InChI is InChI=1S/C18H37N/c1-6-16(15(5)19)12-13(3)18(7-2)14(4)17-10-8-9-11-17/h13-18H,6-12,19H2,1-5H3. The summed E-state index contributed by atoms with van der Waals surface area (Å²) in [6.45, 7) is 11.9. The highest BCUT2D eigenvalue weighted by Crippen LogP contribution is 2.40. The zero-order chi connectivity index (χ0) is 14.4. The van der Waals surface area contributed by atoms with Gasteiger partial charge >= 0.3 is 0 Å². The molecule has 1 heteroatoms. The van der Waals surface area contributed by atoms with Crippen LogP contribution in [0.1, 0.15) is 79.6 Å². The lowest BCUT2D eigenvalue weighted by atomic mass is 9.71. The summed E-state index contributed by atoms with van der Waals surface area (Å²) in [5, 5.41) is 0. The second kappa shape index (κ2) is 8.29. The molecule has 1 aliphatic carbocycles. The maximum absolute atomic E-state index is 6.14. The van der Waals surface area contributed by atoms with Crippen molar-refractivity contribution in [3.63, 3.8) is 0 Å². The molecule has 2 N–H and O–H groups in total. The van der Waals surface area contributed by atoms with Gasteiger partial charge in [0.1, 0.15) is 0 Å². The predicted molar refractivity (Wildman–Crippen MR) is 86.1 cm³/mol. The van der Waals surface area contributed by atoms with Gasteiger partial charge in [0.15, 0.2) is 0 Å². The van der Waals surface area contributed by atoms with Crippen molar-refractivity contribution in [1.82, 2.24) is 0 Å². The lowest BCUT2D eigenvalue weighted by Crippen LogP contribution is -2.31. The first-order valence-electron chi connectivity index (χ1n) is 8.76. The van der Waals surface area contributed by atoms with Gasteiger partial charge in [-0.05, 0) is 42.9 Å². The Morgan fingerprint density at radius 1 is 1.00 bits per heavy atom. The van der Waals surface area contributed by atoms with Crippen LogP contribution in [0.5, 0.6) is 0 Å². The zero-order valence-corrected chi connectivity index (χ0v) is 14.0. The van der Waals surface area contributed by atoms with Crippen molar-refractivity contribution in [3.8, 4) is 0 Å². The van der Waals surface area contributed by atoms with Crippen molar-refractivity contribution in [1.29, 1.82) is 0 Å². The molecule has 19 heavy (non-hydrogen) atoms. The molecule has 0 amide bonds. The van der Waals surface area contributed by atoms with Crippen LogP contribution in [0, 0.1) is 29.6 Å². The maximum Gasteiger partial charge on any atom is 0.00387 e. The van der Waals surface area contributed by atoms with E-state index in [0.717, 1.165) is 23.7 Å². The minimum atomic E-state index is 0.353. The summed E-state index contributed by atoms with van der Waals surface area (Å²) in [5.74, 6) is 4.35. The molecule has 0 aromatic heterocycles. The van der Waals surface area contributed by atoms with E-state index in [1.165, 1.54) is 44.9 Å². The third kappa shape index (κ3) is 4.77. The molecule has 0 saturated heterocycles. The Labute approximate surface area is 121 Å². The molecule has 0 spiro atoms. The molecular formula is C18H37N. The lowest BCUT2D eigenvalue weighted by molar-refractivity contribution is 0.154. The van der Waals surface area contributed by atoms with Gasteiger partial charge in [-0.15, -0.1) is 0 Å². The second-order valence-corrected chi connectivity index (χ2v) is 7.22. The molecule has 0 aliphatic heterocycles. The van der Waals surface area contributed by atoms with E-state index in [2.05, 4.69) is 34.6 Å². The monoisotopic (exact) mass is 267 g/mol. The molecule has 0 bridgehead atoms. The van der Waals surface area contributed by atoms with Crippen molar-refractivity contribution >= 4 is 0 Å². The Morgan fingerprint density at radius 3 is 2.00 bits per heavy atom. The molecule has 1 aliphatic rings. The molecule has 0 aromatic rings. The minimum absolute atomic E-state index is 0.353. The summed E-state index contributed by atoms with van der Waals surface area (Å²) >= 11 is 0. The van der Waals surface area contributed by atoms with Crippen LogP contribution in [-0.4, -0.2) is 6.04 Å². The Hall–Kier alpha value is -0.0400. The Morgan fingerprint density at radius 2 is 1.58 bits per heavy atom. The lowest BCUT2D eigenvalue weighted by Gasteiger charge is -2.35. The van der Waals surface area contributed by atoms with Crippen molar-refractivity contribution in [2.45, 2.75) is 85.6 Å². The highest BCUT2D eigenvalue weighted by atomic mass is 14.6. The van der Waals surface area contributed by atoms with E-state index >= 15 is 0 Å². The van der Waals surface area contributed by atoms with E-state index < -0.39 is 0 Å².